The second kappa shape index (κ2) is 3.23. The predicted molar refractivity (Wildman–Crippen MR) is 46.8 cm³/mol. The molecule has 64 valence electrons. The number of ether oxygens (including phenoxy) is 2. The van der Waals surface area contributed by atoms with Crippen LogP contribution in [-0.2, 0) is 0 Å². The van der Waals surface area contributed by atoms with Crippen LogP contribution in [0.25, 0.3) is 0 Å². The zero-order chi connectivity index (χ0) is 8.39. The van der Waals surface area contributed by atoms with E-state index in [2.05, 4.69) is 0 Å². The molecule has 1 aliphatic heterocycles. The van der Waals surface area contributed by atoms with E-state index in [0.29, 0.717) is 6.61 Å². The van der Waals surface area contributed by atoms with E-state index in [9.17, 15) is 0 Å². The zero-order valence-electron chi connectivity index (χ0n) is 6.50. The molecule has 1 aromatic rings. The van der Waals surface area contributed by atoms with Crippen molar-refractivity contribution in [3.8, 4) is 11.5 Å². The van der Waals surface area contributed by atoms with E-state index in [4.69, 9.17) is 21.1 Å². The first-order valence-electron chi connectivity index (χ1n) is 3.89. The van der Waals surface area contributed by atoms with Crippen molar-refractivity contribution in [2.24, 2.45) is 0 Å². The van der Waals surface area contributed by atoms with Crippen molar-refractivity contribution in [1.82, 2.24) is 0 Å². The summed E-state index contributed by atoms with van der Waals surface area (Å²) in [6, 6.07) is 7.55. The Morgan fingerprint density at radius 3 is 2.83 bits per heavy atom. The van der Waals surface area contributed by atoms with Crippen LogP contribution in [0.3, 0.4) is 0 Å². The van der Waals surface area contributed by atoms with Gasteiger partial charge in [0.2, 0.25) is 0 Å². The first-order chi connectivity index (χ1) is 5.86. The number of halogens is 1. The van der Waals surface area contributed by atoms with Crippen molar-refractivity contribution < 1.29 is 9.47 Å². The number of para-hydroxylation sites is 2. The monoisotopic (exact) mass is 184 g/mol. The molecule has 2 nitrogen and oxygen atoms in total. The maximum Gasteiger partial charge on any atom is 0.175 e. The van der Waals surface area contributed by atoms with Crippen LogP contribution in [0.4, 0.5) is 0 Å². The molecule has 3 heteroatoms. The Morgan fingerprint density at radius 2 is 2.00 bits per heavy atom. The van der Waals surface area contributed by atoms with Gasteiger partial charge < -0.3 is 9.47 Å². The molecule has 1 aromatic carbocycles. The summed E-state index contributed by atoms with van der Waals surface area (Å²) in [5, 5.41) is 0. The van der Waals surface area contributed by atoms with Gasteiger partial charge in [0.25, 0.3) is 0 Å². The lowest BCUT2D eigenvalue weighted by Gasteiger charge is -2.07. The lowest BCUT2D eigenvalue weighted by molar-refractivity contribution is 0.265. The molecule has 12 heavy (non-hydrogen) atoms. The number of alkyl halides is 1. The van der Waals surface area contributed by atoms with Crippen molar-refractivity contribution in [2.45, 2.75) is 12.0 Å². The maximum absolute atomic E-state index is 5.85. The first-order valence-corrected chi connectivity index (χ1v) is 4.32. The van der Waals surface area contributed by atoms with Crippen LogP contribution < -0.4 is 9.47 Å². The fourth-order valence-electron chi connectivity index (χ4n) is 1.13. The molecule has 0 spiro atoms. The van der Waals surface area contributed by atoms with E-state index >= 15 is 0 Å². The summed E-state index contributed by atoms with van der Waals surface area (Å²) in [5.74, 6) is 1.51. The Hall–Kier alpha value is -0.890. The highest BCUT2D eigenvalue weighted by atomic mass is 35.5. The van der Waals surface area contributed by atoms with Crippen molar-refractivity contribution in [1.29, 1.82) is 0 Å². The Balaban J connectivity index is 2.31. The Bertz CT molecular complexity index is 275. The summed E-state index contributed by atoms with van der Waals surface area (Å²) in [6.45, 7) is 0.616. The van der Waals surface area contributed by atoms with E-state index in [1.165, 1.54) is 0 Å². The average molecular weight is 185 g/mol. The number of hydrogen-bond acceptors (Lipinski definition) is 2. The van der Waals surface area contributed by atoms with Gasteiger partial charge in [0, 0.05) is 6.42 Å². The van der Waals surface area contributed by atoms with Crippen LogP contribution in [0.2, 0.25) is 0 Å². The third kappa shape index (κ3) is 1.48. The fraction of sp³-hybridized carbons (Fsp3) is 0.333. The molecule has 0 bridgehead atoms. The van der Waals surface area contributed by atoms with Gasteiger partial charge in [-0.2, -0.15) is 0 Å². The van der Waals surface area contributed by atoms with Gasteiger partial charge >= 0.3 is 0 Å². The molecular formula is C9H9ClO2. The maximum atomic E-state index is 5.85. The summed E-state index contributed by atoms with van der Waals surface area (Å²) < 4.78 is 10.8. The summed E-state index contributed by atoms with van der Waals surface area (Å²) in [7, 11) is 0. The SMILES string of the molecule is ClC1CCOc2ccccc2O1. The van der Waals surface area contributed by atoms with Gasteiger partial charge in [-0.05, 0) is 12.1 Å². The zero-order valence-corrected chi connectivity index (χ0v) is 7.25. The third-order valence-corrected chi connectivity index (χ3v) is 2.01. The lowest BCUT2D eigenvalue weighted by atomic mass is 10.3. The highest BCUT2D eigenvalue weighted by molar-refractivity contribution is 6.19. The normalized spacial score (nSPS) is 21.6. The minimum atomic E-state index is -0.270. The van der Waals surface area contributed by atoms with E-state index in [1.807, 2.05) is 24.3 Å². The van der Waals surface area contributed by atoms with Gasteiger partial charge in [0.15, 0.2) is 17.1 Å². The molecule has 1 atom stereocenters. The molecule has 0 amide bonds. The van der Waals surface area contributed by atoms with Crippen LogP contribution in [-0.4, -0.2) is 12.2 Å². The molecular weight excluding hydrogens is 176 g/mol. The number of fused-ring (bicyclic) bond motifs is 1. The topological polar surface area (TPSA) is 18.5 Å². The molecule has 0 radical (unpaired) electrons. The van der Waals surface area contributed by atoms with Gasteiger partial charge in [-0.1, -0.05) is 23.7 Å². The van der Waals surface area contributed by atoms with Gasteiger partial charge in [-0.25, -0.2) is 0 Å². The minimum Gasteiger partial charge on any atom is -0.490 e. The number of hydrogen-bond donors (Lipinski definition) is 0. The highest BCUT2D eigenvalue weighted by Gasteiger charge is 2.14. The van der Waals surface area contributed by atoms with Crippen molar-refractivity contribution in [3.05, 3.63) is 24.3 Å². The molecule has 1 heterocycles. The van der Waals surface area contributed by atoms with Crippen LogP contribution in [0.15, 0.2) is 24.3 Å². The second-order valence-corrected chi connectivity index (χ2v) is 3.10. The van der Waals surface area contributed by atoms with Gasteiger partial charge in [0.05, 0.1) is 6.61 Å². The lowest BCUT2D eigenvalue weighted by Crippen LogP contribution is -2.08. The van der Waals surface area contributed by atoms with Crippen LogP contribution in [0.1, 0.15) is 6.42 Å². The minimum absolute atomic E-state index is 0.270. The smallest absolute Gasteiger partial charge is 0.175 e. The van der Waals surface area contributed by atoms with Crippen LogP contribution >= 0.6 is 11.6 Å². The molecule has 0 aliphatic carbocycles. The number of rotatable bonds is 0. The molecule has 0 saturated carbocycles. The van der Waals surface area contributed by atoms with Gasteiger partial charge in [-0.3, -0.25) is 0 Å². The van der Waals surface area contributed by atoms with Crippen molar-refractivity contribution in [3.63, 3.8) is 0 Å². The third-order valence-electron chi connectivity index (χ3n) is 1.71. The van der Waals surface area contributed by atoms with E-state index < -0.39 is 0 Å². The first kappa shape index (κ1) is 7.74. The standard InChI is InChI=1S/C9H9ClO2/c10-9-5-6-11-7-3-1-2-4-8(7)12-9/h1-4,9H,5-6H2. The van der Waals surface area contributed by atoms with E-state index in [-0.39, 0.29) is 5.56 Å². The molecule has 0 fully saturated rings. The van der Waals surface area contributed by atoms with Crippen LogP contribution in [0.5, 0.6) is 11.5 Å². The van der Waals surface area contributed by atoms with Crippen LogP contribution in [0, 0.1) is 0 Å². The largest absolute Gasteiger partial charge is 0.490 e. The Kier molecular flexibility index (Phi) is 2.09. The molecule has 0 N–H and O–H groups in total. The molecule has 0 aromatic heterocycles. The average Bonchev–Trinajstić information content (AvgIpc) is 2.25. The summed E-state index contributed by atoms with van der Waals surface area (Å²) in [5.41, 5.74) is -0.270. The predicted octanol–water partition coefficient (Wildman–Crippen LogP) is 2.41. The van der Waals surface area contributed by atoms with Crippen molar-refractivity contribution in [2.75, 3.05) is 6.61 Å². The van der Waals surface area contributed by atoms with E-state index in [1.54, 1.807) is 0 Å². The Morgan fingerprint density at radius 1 is 1.25 bits per heavy atom. The molecule has 0 saturated heterocycles. The van der Waals surface area contributed by atoms with Crippen molar-refractivity contribution >= 4 is 11.6 Å². The Labute approximate surface area is 76.1 Å². The summed E-state index contributed by atoms with van der Waals surface area (Å²) in [6.07, 6.45) is 0.718. The fourth-order valence-corrected chi connectivity index (χ4v) is 1.31. The highest BCUT2D eigenvalue weighted by Crippen LogP contribution is 2.30. The van der Waals surface area contributed by atoms with Gasteiger partial charge in [0.1, 0.15) is 0 Å². The quantitative estimate of drug-likeness (QED) is 0.577. The van der Waals surface area contributed by atoms with Gasteiger partial charge in [-0.15, -0.1) is 0 Å². The van der Waals surface area contributed by atoms with E-state index in [0.717, 1.165) is 17.9 Å². The molecule has 1 unspecified atom stereocenters. The summed E-state index contributed by atoms with van der Waals surface area (Å²) >= 11 is 5.85. The number of benzene rings is 1. The second-order valence-electron chi connectivity index (χ2n) is 2.61. The summed E-state index contributed by atoms with van der Waals surface area (Å²) in [4.78, 5) is 0. The molecule has 1 aliphatic rings. The molecule has 2 rings (SSSR count).